The van der Waals surface area contributed by atoms with Gasteiger partial charge in [0.15, 0.2) is 0 Å². The maximum atomic E-state index is 10.1. The molecule has 0 aliphatic rings. The van der Waals surface area contributed by atoms with Crippen molar-refractivity contribution in [1.82, 2.24) is 5.32 Å². The molecule has 0 amide bonds. The number of aliphatic hydroxyl groups is 1. The zero-order valence-corrected chi connectivity index (χ0v) is 16.7. The first-order valence-corrected chi connectivity index (χ1v) is 8.81. The number of ether oxygens (including phenoxy) is 1. The van der Waals surface area contributed by atoms with Crippen LogP contribution < -0.4 is 10.1 Å². The van der Waals surface area contributed by atoms with Gasteiger partial charge in [-0.25, -0.2) is 0 Å². The van der Waals surface area contributed by atoms with Gasteiger partial charge in [-0.15, -0.1) is 12.4 Å². The Morgan fingerprint density at radius 1 is 1.12 bits per heavy atom. The van der Waals surface area contributed by atoms with Gasteiger partial charge in [0.05, 0.1) is 5.02 Å². The number of benzene rings is 2. The summed E-state index contributed by atoms with van der Waals surface area (Å²) in [6.45, 7) is 4.80. The van der Waals surface area contributed by atoms with Gasteiger partial charge in [-0.05, 0) is 37.1 Å². The first kappa shape index (κ1) is 22.1. The second-order valence-electron chi connectivity index (χ2n) is 5.82. The molecule has 2 aromatic rings. The van der Waals surface area contributed by atoms with Gasteiger partial charge in [0.1, 0.15) is 18.5 Å². The molecule has 0 aliphatic carbocycles. The van der Waals surface area contributed by atoms with E-state index in [-0.39, 0.29) is 25.1 Å². The van der Waals surface area contributed by atoms with E-state index in [1.165, 1.54) is 11.1 Å². The normalized spacial score (nSPS) is 13.0. The average Bonchev–Trinajstić information content (AvgIpc) is 2.56. The number of aliphatic hydroxyl groups excluding tert-OH is 1. The molecule has 0 saturated heterocycles. The lowest BCUT2D eigenvalue weighted by atomic mass is 10.0. The van der Waals surface area contributed by atoms with Crippen LogP contribution in [0.1, 0.15) is 30.5 Å². The predicted molar refractivity (Wildman–Crippen MR) is 107 cm³/mol. The van der Waals surface area contributed by atoms with E-state index in [1.807, 2.05) is 0 Å². The summed E-state index contributed by atoms with van der Waals surface area (Å²) < 4.78 is 5.56. The highest BCUT2D eigenvalue weighted by molar-refractivity contribution is 6.35. The van der Waals surface area contributed by atoms with E-state index in [9.17, 15) is 5.11 Å². The second kappa shape index (κ2) is 10.9. The fraction of sp³-hybridized carbons (Fsp3) is 0.368. The van der Waals surface area contributed by atoms with E-state index in [0.29, 0.717) is 22.3 Å². The quantitative estimate of drug-likeness (QED) is 0.635. The highest BCUT2D eigenvalue weighted by atomic mass is 35.5. The summed E-state index contributed by atoms with van der Waals surface area (Å²) in [4.78, 5) is 0. The van der Waals surface area contributed by atoms with E-state index in [4.69, 9.17) is 27.9 Å². The maximum Gasteiger partial charge on any atom is 0.138 e. The number of hydrogen-bond donors (Lipinski definition) is 2. The zero-order chi connectivity index (χ0) is 17.5. The number of rotatable bonds is 8. The molecule has 2 atom stereocenters. The summed E-state index contributed by atoms with van der Waals surface area (Å²) >= 11 is 11.9. The van der Waals surface area contributed by atoms with Gasteiger partial charge in [0.2, 0.25) is 0 Å². The molecule has 0 heterocycles. The highest BCUT2D eigenvalue weighted by Crippen LogP contribution is 2.27. The Balaban J connectivity index is 0.00000312. The van der Waals surface area contributed by atoms with Gasteiger partial charge in [-0.3, -0.25) is 0 Å². The fourth-order valence-electron chi connectivity index (χ4n) is 2.41. The highest BCUT2D eigenvalue weighted by Gasteiger charge is 2.12. The second-order valence-corrected chi connectivity index (χ2v) is 6.66. The van der Waals surface area contributed by atoms with E-state index < -0.39 is 6.10 Å². The molecule has 3 nitrogen and oxygen atoms in total. The third kappa shape index (κ3) is 7.04. The Morgan fingerprint density at radius 2 is 1.80 bits per heavy atom. The fourth-order valence-corrected chi connectivity index (χ4v) is 2.88. The summed E-state index contributed by atoms with van der Waals surface area (Å²) in [5, 5.41) is 14.5. The molecule has 0 bridgehead atoms. The van der Waals surface area contributed by atoms with Crippen LogP contribution in [0.25, 0.3) is 0 Å². The maximum absolute atomic E-state index is 10.1. The third-order valence-electron chi connectivity index (χ3n) is 3.81. The molecule has 2 unspecified atom stereocenters. The SMILES string of the molecule is CCC(NCC(O)COc1ccc(Cl)cc1Cl)c1ccc(C)cc1.Cl. The molecular formula is C19H24Cl3NO2. The minimum Gasteiger partial charge on any atom is -0.489 e. The molecular weight excluding hydrogens is 381 g/mol. The van der Waals surface area contributed by atoms with Crippen LogP contribution in [0.2, 0.25) is 10.0 Å². The molecule has 2 rings (SSSR count). The van der Waals surface area contributed by atoms with Gasteiger partial charge in [0.25, 0.3) is 0 Å². The van der Waals surface area contributed by atoms with E-state index >= 15 is 0 Å². The van der Waals surface area contributed by atoms with Crippen molar-refractivity contribution in [3.05, 3.63) is 63.6 Å². The van der Waals surface area contributed by atoms with Crippen molar-refractivity contribution in [3.63, 3.8) is 0 Å². The first-order valence-electron chi connectivity index (χ1n) is 8.05. The van der Waals surface area contributed by atoms with Crippen LogP contribution in [-0.4, -0.2) is 24.4 Å². The zero-order valence-electron chi connectivity index (χ0n) is 14.3. The summed E-state index contributed by atoms with van der Waals surface area (Å²) in [6, 6.07) is 13.7. The summed E-state index contributed by atoms with van der Waals surface area (Å²) in [5.41, 5.74) is 2.46. The Morgan fingerprint density at radius 3 is 2.40 bits per heavy atom. The van der Waals surface area contributed by atoms with Crippen molar-refractivity contribution in [3.8, 4) is 5.75 Å². The van der Waals surface area contributed by atoms with E-state index in [1.54, 1.807) is 18.2 Å². The molecule has 0 aliphatic heterocycles. The van der Waals surface area contributed by atoms with Crippen LogP contribution >= 0.6 is 35.6 Å². The predicted octanol–water partition coefficient (Wildman–Crippen LogP) is 5.20. The van der Waals surface area contributed by atoms with Gasteiger partial charge < -0.3 is 15.2 Å². The minimum atomic E-state index is -0.628. The summed E-state index contributed by atoms with van der Waals surface area (Å²) in [7, 11) is 0. The molecule has 138 valence electrons. The molecule has 2 aromatic carbocycles. The van der Waals surface area contributed by atoms with Gasteiger partial charge in [0, 0.05) is 17.6 Å². The Hall–Kier alpha value is -0.970. The molecule has 2 N–H and O–H groups in total. The molecule has 6 heteroatoms. The lowest BCUT2D eigenvalue weighted by Crippen LogP contribution is -2.33. The number of nitrogens with one attached hydrogen (secondary N) is 1. The van der Waals surface area contributed by atoms with Crippen molar-refractivity contribution in [2.75, 3.05) is 13.2 Å². The summed E-state index contributed by atoms with van der Waals surface area (Å²) in [6.07, 6.45) is 0.316. The monoisotopic (exact) mass is 403 g/mol. The van der Waals surface area contributed by atoms with Crippen molar-refractivity contribution in [1.29, 1.82) is 0 Å². The smallest absolute Gasteiger partial charge is 0.138 e. The van der Waals surface area contributed by atoms with Crippen LogP contribution in [0.4, 0.5) is 0 Å². The Bertz CT molecular complexity index is 650. The topological polar surface area (TPSA) is 41.5 Å². The number of hydrogen-bond acceptors (Lipinski definition) is 3. The van der Waals surface area contributed by atoms with Crippen LogP contribution in [-0.2, 0) is 0 Å². The standard InChI is InChI=1S/C19H23Cl2NO2.ClH/c1-3-18(14-6-4-13(2)5-7-14)22-11-16(23)12-24-19-9-8-15(20)10-17(19)21;/h4-10,16,18,22-23H,3,11-12H2,1-2H3;1H. The molecule has 0 radical (unpaired) electrons. The van der Waals surface area contributed by atoms with Crippen molar-refractivity contribution < 1.29 is 9.84 Å². The van der Waals surface area contributed by atoms with Crippen molar-refractivity contribution >= 4 is 35.6 Å². The van der Waals surface area contributed by atoms with Crippen LogP contribution in [0.15, 0.2) is 42.5 Å². The molecule has 0 fully saturated rings. The van der Waals surface area contributed by atoms with E-state index in [2.05, 4.69) is 43.4 Å². The van der Waals surface area contributed by atoms with Crippen LogP contribution in [0.5, 0.6) is 5.75 Å². The van der Waals surface area contributed by atoms with Gasteiger partial charge in [-0.2, -0.15) is 0 Å². The van der Waals surface area contributed by atoms with Crippen molar-refractivity contribution in [2.45, 2.75) is 32.4 Å². The van der Waals surface area contributed by atoms with Crippen LogP contribution in [0.3, 0.4) is 0 Å². The van der Waals surface area contributed by atoms with E-state index in [0.717, 1.165) is 6.42 Å². The van der Waals surface area contributed by atoms with Gasteiger partial charge in [-0.1, -0.05) is 60.0 Å². The lowest BCUT2D eigenvalue weighted by Gasteiger charge is -2.20. The first-order chi connectivity index (χ1) is 11.5. The molecule has 25 heavy (non-hydrogen) atoms. The van der Waals surface area contributed by atoms with Crippen molar-refractivity contribution in [2.24, 2.45) is 0 Å². The third-order valence-corrected chi connectivity index (χ3v) is 4.34. The molecule has 0 spiro atoms. The minimum absolute atomic E-state index is 0. The number of aryl methyl sites for hydroxylation is 1. The van der Waals surface area contributed by atoms with Gasteiger partial charge >= 0.3 is 0 Å². The molecule has 0 saturated carbocycles. The number of halogens is 3. The Labute approximate surface area is 165 Å². The lowest BCUT2D eigenvalue weighted by molar-refractivity contribution is 0.103. The largest absolute Gasteiger partial charge is 0.489 e. The summed E-state index contributed by atoms with van der Waals surface area (Å²) in [5.74, 6) is 0.519. The Kier molecular flexibility index (Phi) is 9.62. The average molecular weight is 405 g/mol. The van der Waals surface area contributed by atoms with Crippen LogP contribution in [0, 0.1) is 6.92 Å². The molecule has 0 aromatic heterocycles.